The lowest BCUT2D eigenvalue weighted by Crippen LogP contribution is -2.10. The molecule has 0 amide bonds. The van der Waals surface area contributed by atoms with Crippen LogP contribution < -0.4 is 0 Å². The van der Waals surface area contributed by atoms with Gasteiger partial charge in [0.25, 0.3) is 0 Å². The number of hydrogen-bond acceptors (Lipinski definition) is 2. The van der Waals surface area contributed by atoms with E-state index in [0.717, 1.165) is 12.1 Å². The lowest BCUT2D eigenvalue weighted by Gasteiger charge is -2.16. The van der Waals surface area contributed by atoms with Crippen molar-refractivity contribution >= 4 is 23.1 Å². The van der Waals surface area contributed by atoms with Crippen LogP contribution in [-0.2, 0) is 12.6 Å². The molecule has 0 unspecified atom stereocenters. The zero-order chi connectivity index (χ0) is 17.5. The van der Waals surface area contributed by atoms with E-state index < -0.39 is 17.6 Å². The van der Waals surface area contributed by atoms with Crippen LogP contribution in [0.3, 0.4) is 0 Å². The molecule has 24 heavy (non-hydrogen) atoms. The van der Waals surface area contributed by atoms with E-state index >= 15 is 0 Å². The Bertz CT molecular complexity index is 976. The molecule has 1 heterocycles. The van der Waals surface area contributed by atoms with Gasteiger partial charge in [0, 0.05) is 17.5 Å². The molecule has 0 spiro atoms. The predicted octanol–water partition coefficient (Wildman–Crippen LogP) is 5.48. The second-order valence-electron chi connectivity index (χ2n) is 5.23. The van der Waals surface area contributed by atoms with Crippen LogP contribution in [0.5, 0.6) is 0 Å². The van der Waals surface area contributed by atoms with Crippen molar-refractivity contribution in [2.24, 2.45) is 0 Å². The second-order valence-corrected chi connectivity index (χ2v) is 5.62. The molecule has 0 N–H and O–H groups in total. The maximum Gasteiger partial charge on any atom is 0.416 e. The van der Waals surface area contributed by atoms with Crippen LogP contribution >= 0.6 is 12.2 Å². The maximum atomic E-state index is 13.5. The largest absolute Gasteiger partial charge is 0.416 e. The van der Waals surface area contributed by atoms with Gasteiger partial charge in [0.05, 0.1) is 11.1 Å². The van der Waals surface area contributed by atoms with Crippen LogP contribution in [0.1, 0.15) is 18.3 Å². The summed E-state index contributed by atoms with van der Waals surface area (Å²) in [5.41, 5.74) is -0.00453. The van der Waals surface area contributed by atoms with Crippen molar-refractivity contribution in [3.63, 3.8) is 0 Å². The van der Waals surface area contributed by atoms with Crippen molar-refractivity contribution < 1.29 is 17.6 Å². The summed E-state index contributed by atoms with van der Waals surface area (Å²) < 4.78 is 54.1. The Morgan fingerprint density at radius 2 is 1.88 bits per heavy atom. The van der Waals surface area contributed by atoms with Crippen LogP contribution in [0.25, 0.3) is 16.6 Å². The molecule has 0 aliphatic rings. The topological polar surface area (TPSA) is 17.8 Å². The minimum atomic E-state index is -4.46. The molecule has 3 rings (SSSR count). The Balaban J connectivity index is 2.33. The standard InChI is InChI=1S/C17H12F4N2S/c1-2-15-22-14-7-6-11(18)9-13(14)16(24)23(15)12-5-3-4-10(8-12)17(19,20)21/h3-9H,2H2,1H3. The Labute approximate surface area is 140 Å². The zero-order valence-corrected chi connectivity index (χ0v) is 13.4. The van der Waals surface area contributed by atoms with E-state index in [2.05, 4.69) is 4.98 Å². The molecule has 1 aromatic heterocycles. The van der Waals surface area contributed by atoms with E-state index in [4.69, 9.17) is 12.2 Å². The Morgan fingerprint density at radius 3 is 2.54 bits per heavy atom. The maximum absolute atomic E-state index is 13.5. The molecule has 0 saturated heterocycles. The summed E-state index contributed by atoms with van der Waals surface area (Å²) in [6.07, 6.45) is -3.99. The highest BCUT2D eigenvalue weighted by molar-refractivity contribution is 7.71. The number of alkyl halides is 3. The van der Waals surface area contributed by atoms with E-state index in [9.17, 15) is 17.6 Å². The monoisotopic (exact) mass is 352 g/mol. The smallest absolute Gasteiger partial charge is 0.288 e. The molecule has 0 fully saturated rings. The fourth-order valence-electron chi connectivity index (χ4n) is 2.53. The van der Waals surface area contributed by atoms with Crippen molar-refractivity contribution in [3.05, 3.63) is 64.3 Å². The molecule has 0 bridgehead atoms. The van der Waals surface area contributed by atoms with Crippen LogP contribution in [0.15, 0.2) is 42.5 Å². The summed E-state index contributed by atoms with van der Waals surface area (Å²) >= 11 is 5.40. The molecule has 7 heteroatoms. The molecule has 124 valence electrons. The highest BCUT2D eigenvalue weighted by Gasteiger charge is 2.30. The highest BCUT2D eigenvalue weighted by Crippen LogP contribution is 2.31. The van der Waals surface area contributed by atoms with E-state index in [1.807, 2.05) is 6.92 Å². The van der Waals surface area contributed by atoms with E-state index in [1.165, 1.54) is 34.9 Å². The third-order valence-corrected chi connectivity index (χ3v) is 4.05. The lowest BCUT2D eigenvalue weighted by atomic mass is 10.1. The average Bonchev–Trinajstić information content (AvgIpc) is 2.54. The molecular formula is C17H12F4N2S. The van der Waals surface area contributed by atoms with Crippen LogP contribution in [0.4, 0.5) is 17.6 Å². The fourth-order valence-corrected chi connectivity index (χ4v) is 2.90. The Morgan fingerprint density at radius 1 is 1.12 bits per heavy atom. The van der Waals surface area contributed by atoms with Crippen LogP contribution in [0, 0.1) is 10.5 Å². The van der Waals surface area contributed by atoms with Crippen molar-refractivity contribution in [1.29, 1.82) is 0 Å². The quantitative estimate of drug-likeness (QED) is 0.449. The van der Waals surface area contributed by atoms with E-state index in [0.29, 0.717) is 23.1 Å². The van der Waals surface area contributed by atoms with Gasteiger partial charge in [-0.05, 0) is 36.4 Å². The molecule has 0 aliphatic carbocycles. The van der Waals surface area contributed by atoms with Gasteiger partial charge in [0.1, 0.15) is 16.3 Å². The first kappa shape index (κ1) is 16.6. The molecule has 2 aromatic carbocycles. The van der Waals surface area contributed by atoms with Gasteiger partial charge in [0.2, 0.25) is 0 Å². The third kappa shape index (κ3) is 2.91. The summed E-state index contributed by atoms with van der Waals surface area (Å²) in [5.74, 6) is 0.0358. The SMILES string of the molecule is CCc1nc2ccc(F)cc2c(=S)n1-c1cccc(C(F)(F)F)c1. The number of halogens is 4. The summed E-state index contributed by atoms with van der Waals surface area (Å²) in [5, 5.41) is 0.389. The van der Waals surface area contributed by atoms with Crippen LogP contribution in [-0.4, -0.2) is 9.55 Å². The second kappa shape index (κ2) is 5.98. The third-order valence-electron chi connectivity index (χ3n) is 3.65. The van der Waals surface area contributed by atoms with Crippen molar-refractivity contribution in [1.82, 2.24) is 9.55 Å². The van der Waals surface area contributed by atoms with Gasteiger partial charge in [-0.1, -0.05) is 25.2 Å². The molecule has 2 nitrogen and oxygen atoms in total. The van der Waals surface area contributed by atoms with Crippen LogP contribution in [0.2, 0.25) is 0 Å². The first-order valence-electron chi connectivity index (χ1n) is 7.20. The number of hydrogen-bond donors (Lipinski definition) is 0. The highest BCUT2D eigenvalue weighted by atomic mass is 32.1. The van der Waals surface area contributed by atoms with E-state index in [1.54, 1.807) is 0 Å². The van der Waals surface area contributed by atoms with Gasteiger partial charge in [-0.2, -0.15) is 13.2 Å². The lowest BCUT2D eigenvalue weighted by molar-refractivity contribution is -0.137. The number of nitrogens with zero attached hydrogens (tertiary/aromatic N) is 2. The van der Waals surface area contributed by atoms with Crippen molar-refractivity contribution in [2.45, 2.75) is 19.5 Å². The van der Waals surface area contributed by atoms with Gasteiger partial charge in [-0.3, -0.25) is 4.57 Å². The number of fused-ring (bicyclic) bond motifs is 1. The molecule has 0 atom stereocenters. The van der Waals surface area contributed by atoms with Crippen molar-refractivity contribution in [2.75, 3.05) is 0 Å². The van der Waals surface area contributed by atoms with Gasteiger partial charge in [-0.15, -0.1) is 0 Å². The first-order valence-corrected chi connectivity index (χ1v) is 7.61. The van der Waals surface area contributed by atoms with Crippen molar-refractivity contribution in [3.8, 4) is 5.69 Å². The average molecular weight is 352 g/mol. The Kier molecular flexibility index (Phi) is 4.13. The molecule has 0 aliphatic heterocycles. The number of benzene rings is 2. The predicted molar refractivity (Wildman–Crippen MR) is 86.2 cm³/mol. The zero-order valence-electron chi connectivity index (χ0n) is 12.6. The molecule has 0 radical (unpaired) electrons. The summed E-state index contributed by atoms with van der Waals surface area (Å²) in [6, 6.07) is 8.88. The minimum Gasteiger partial charge on any atom is -0.288 e. The molecule has 3 aromatic rings. The number of rotatable bonds is 2. The summed E-state index contributed by atoms with van der Waals surface area (Å²) in [7, 11) is 0. The van der Waals surface area contributed by atoms with Gasteiger partial charge in [0.15, 0.2) is 0 Å². The van der Waals surface area contributed by atoms with E-state index in [-0.39, 0.29) is 10.3 Å². The summed E-state index contributed by atoms with van der Waals surface area (Å²) in [6.45, 7) is 1.83. The number of aryl methyl sites for hydroxylation is 1. The molecule has 0 saturated carbocycles. The van der Waals surface area contributed by atoms with Gasteiger partial charge < -0.3 is 0 Å². The normalized spacial score (nSPS) is 11.9. The fraction of sp³-hybridized carbons (Fsp3) is 0.176. The van der Waals surface area contributed by atoms with Gasteiger partial charge >= 0.3 is 6.18 Å². The minimum absolute atomic E-state index is 0.232. The number of aromatic nitrogens is 2. The molecular weight excluding hydrogens is 340 g/mol. The summed E-state index contributed by atoms with van der Waals surface area (Å²) in [4.78, 5) is 4.41. The Hall–Kier alpha value is -2.28. The van der Waals surface area contributed by atoms with Gasteiger partial charge in [-0.25, -0.2) is 9.37 Å². The first-order chi connectivity index (χ1) is 11.3.